The van der Waals surface area contributed by atoms with E-state index in [0.29, 0.717) is 24.3 Å². The largest absolute Gasteiger partial charge is 0.392 e. The van der Waals surface area contributed by atoms with Crippen LogP contribution in [-0.2, 0) is 21.4 Å². The third-order valence-electron chi connectivity index (χ3n) is 2.93. The van der Waals surface area contributed by atoms with Crippen molar-refractivity contribution in [3.05, 3.63) is 29.3 Å². The van der Waals surface area contributed by atoms with Gasteiger partial charge in [0.05, 0.1) is 11.5 Å². The molecule has 1 rings (SSSR count). The zero-order chi connectivity index (χ0) is 14.5. The number of ether oxygens (including phenoxy) is 1. The number of aliphatic hydroxyl groups excluding tert-OH is 1. The summed E-state index contributed by atoms with van der Waals surface area (Å²) in [6.07, 6.45) is 0. The second kappa shape index (κ2) is 7.00. The second-order valence-corrected chi connectivity index (χ2v) is 6.35. The van der Waals surface area contributed by atoms with Crippen LogP contribution in [0.15, 0.2) is 23.1 Å². The molecule has 0 bridgehead atoms. The van der Waals surface area contributed by atoms with Crippen LogP contribution in [0.25, 0.3) is 0 Å². The molecule has 1 aromatic carbocycles. The number of nitrogens with one attached hydrogen (secondary N) is 1. The molecule has 19 heavy (non-hydrogen) atoms. The molecule has 0 saturated carbocycles. The zero-order valence-corrected chi connectivity index (χ0v) is 12.3. The maximum absolute atomic E-state index is 12.2. The quantitative estimate of drug-likeness (QED) is 0.786. The van der Waals surface area contributed by atoms with E-state index in [1.807, 2.05) is 6.92 Å². The molecule has 1 aromatic rings. The van der Waals surface area contributed by atoms with Gasteiger partial charge in [-0.25, -0.2) is 13.1 Å². The molecule has 6 heteroatoms. The van der Waals surface area contributed by atoms with Crippen molar-refractivity contribution in [3.63, 3.8) is 0 Å². The van der Waals surface area contributed by atoms with Crippen LogP contribution in [0.4, 0.5) is 0 Å². The first-order valence-corrected chi connectivity index (χ1v) is 7.58. The van der Waals surface area contributed by atoms with Gasteiger partial charge in [-0.2, -0.15) is 0 Å². The summed E-state index contributed by atoms with van der Waals surface area (Å²) in [6.45, 7) is 4.24. The van der Waals surface area contributed by atoms with Crippen molar-refractivity contribution in [2.75, 3.05) is 20.3 Å². The fourth-order valence-electron chi connectivity index (χ4n) is 1.80. The fourth-order valence-corrected chi connectivity index (χ4v) is 3.25. The van der Waals surface area contributed by atoms with Crippen molar-refractivity contribution in [2.24, 2.45) is 5.92 Å². The molecular formula is C13H21NO4S. The molecule has 0 aliphatic carbocycles. The summed E-state index contributed by atoms with van der Waals surface area (Å²) in [6, 6.07) is 4.88. The van der Waals surface area contributed by atoms with Gasteiger partial charge in [-0.05, 0) is 30.0 Å². The summed E-state index contributed by atoms with van der Waals surface area (Å²) in [5.41, 5.74) is 1.20. The molecule has 0 amide bonds. The minimum Gasteiger partial charge on any atom is -0.392 e. The lowest BCUT2D eigenvalue weighted by molar-refractivity contribution is 0.161. The Morgan fingerprint density at radius 3 is 2.68 bits per heavy atom. The Hall–Kier alpha value is -0.950. The van der Waals surface area contributed by atoms with Crippen LogP contribution >= 0.6 is 0 Å². The van der Waals surface area contributed by atoms with Crippen molar-refractivity contribution in [3.8, 4) is 0 Å². The molecule has 0 aromatic heterocycles. The predicted octanol–water partition coefficient (Wildman–Crippen LogP) is 1.05. The van der Waals surface area contributed by atoms with E-state index < -0.39 is 10.0 Å². The van der Waals surface area contributed by atoms with Crippen LogP contribution in [-0.4, -0.2) is 33.8 Å². The maximum Gasteiger partial charge on any atom is 0.240 e. The monoisotopic (exact) mass is 287 g/mol. The van der Waals surface area contributed by atoms with Crippen LogP contribution in [0.3, 0.4) is 0 Å². The molecule has 0 fully saturated rings. The smallest absolute Gasteiger partial charge is 0.240 e. The van der Waals surface area contributed by atoms with E-state index in [1.165, 1.54) is 6.07 Å². The third kappa shape index (κ3) is 4.28. The van der Waals surface area contributed by atoms with Gasteiger partial charge in [-0.15, -0.1) is 0 Å². The van der Waals surface area contributed by atoms with Crippen LogP contribution in [0.2, 0.25) is 0 Å². The zero-order valence-electron chi connectivity index (χ0n) is 11.5. The van der Waals surface area contributed by atoms with Crippen molar-refractivity contribution in [1.82, 2.24) is 4.72 Å². The third-order valence-corrected chi connectivity index (χ3v) is 4.50. The lowest BCUT2D eigenvalue weighted by Crippen LogP contribution is -2.30. The predicted molar refractivity (Wildman–Crippen MR) is 73.3 cm³/mol. The van der Waals surface area contributed by atoms with Crippen molar-refractivity contribution in [2.45, 2.75) is 25.3 Å². The highest BCUT2D eigenvalue weighted by Crippen LogP contribution is 2.18. The SMILES string of the molecule is COCC(C)CNS(=O)(=O)c1cccc(CO)c1C. The van der Waals surface area contributed by atoms with Gasteiger partial charge in [0, 0.05) is 20.3 Å². The van der Waals surface area contributed by atoms with Gasteiger partial charge >= 0.3 is 0 Å². The number of benzene rings is 1. The number of hydrogen-bond acceptors (Lipinski definition) is 4. The fraction of sp³-hybridized carbons (Fsp3) is 0.538. The molecule has 5 nitrogen and oxygen atoms in total. The Labute approximate surface area is 114 Å². The van der Waals surface area contributed by atoms with E-state index in [2.05, 4.69) is 4.72 Å². The molecule has 0 spiro atoms. The summed E-state index contributed by atoms with van der Waals surface area (Å²) in [5.74, 6) is 0.0982. The van der Waals surface area contributed by atoms with E-state index in [4.69, 9.17) is 9.84 Å². The average Bonchev–Trinajstić information content (AvgIpc) is 2.37. The molecule has 0 heterocycles. The first-order chi connectivity index (χ1) is 8.92. The van der Waals surface area contributed by atoms with Gasteiger partial charge in [0.15, 0.2) is 0 Å². The second-order valence-electron chi connectivity index (χ2n) is 4.61. The molecule has 1 unspecified atom stereocenters. The van der Waals surface area contributed by atoms with Gasteiger partial charge in [0.1, 0.15) is 0 Å². The van der Waals surface area contributed by atoms with Gasteiger partial charge < -0.3 is 9.84 Å². The standard InChI is InChI=1S/C13H21NO4S/c1-10(9-18-3)7-14-19(16,17)13-6-4-5-12(8-15)11(13)2/h4-6,10,14-15H,7-9H2,1-3H3. The molecule has 108 valence electrons. The Morgan fingerprint density at radius 2 is 2.11 bits per heavy atom. The van der Waals surface area contributed by atoms with Crippen LogP contribution < -0.4 is 4.72 Å². The summed E-state index contributed by atoms with van der Waals surface area (Å²) in [5, 5.41) is 9.16. The van der Waals surface area contributed by atoms with Crippen LogP contribution in [0.5, 0.6) is 0 Å². The van der Waals surface area contributed by atoms with Gasteiger partial charge in [-0.3, -0.25) is 0 Å². The topological polar surface area (TPSA) is 75.6 Å². The lowest BCUT2D eigenvalue weighted by atomic mass is 10.1. The Kier molecular flexibility index (Phi) is 5.93. The number of rotatable bonds is 7. The van der Waals surface area contributed by atoms with E-state index in [-0.39, 0.29) is 17.4 Å². The number of methoxy groups -OCH3 is 1. The molecule has 0 radical (unpaired) electrons. The van der Waals surface area contributed by atoms with Gasteiger partial charge in [-0.1, -0.05) is 19.1 Å². The lowest BCUT2D eigenvalue weighted by Gasteiger charge is -2.14. The molecule has 2 N–H and O–H groups in total. The Balaban J connectivity index is 2.89. The summed E-state index contributed by atoms with van der Waals surface area (Å²) in [7, 11) is -1.97. The molecule has 0 aliphatic rings. The van der Waals surface area contributed by atoms with E-state index >= 15 is 0 Å². The molecule has 0 aliphatic heterocycles. The first-order valence-electron chi connectivity index (χ1n) is 6.10. The summed E-state index contributed by atoms with van der Waals surface area (Å²) < 4.78 is 31.9. The number of sulfonamides is 1. The van der Waals surface area contributed by atoms with Crippen LogP contribution in [0.1, 0.15) is 18.1 Å². The minimum atomic E-state index is -3.55. The maximum atomic E-state index is 12.2. The average molecular weight is 287 g/mol. The highest BCUT2D eigenvalue weighted by atomic mass is 32.2. The number of hydrogen-bond donors (Lipinski definition) is 2. The van der Waals surface area contributed by atoms with E-state index in [1.54, 1.807) is 26.2 Å². The highest BCUT2D eigenvalue weighted by Gasteiger charge is 2.18. The summed E-state index contributed by atoms with van der Waals surface area (Å²) in [4.78, 5) is 0.212. The highest BCUT2D eigenvalue weighted by molar-refractivity contribution is 7.89. The minimum absolute atomic E-state index is 0.0982. The number of aliphatic hydroxyl groups is 1. The van der Waals surface area contributed by atoms with Crippen molar-refractivity contribution >= 4 is 10.0 Å². The molecule has 1 atom stereocenters. The first kappa shape index (κ1) is 16.1. The Morgan fingerprint density at radius 1 is 1.42 bits per heavy atom. The van der Waals surface area contributed by atoms with Gasteiger partial charge in [0.25, 0.3) is 0 Å². The van der Waals surface area contributed by atoms with Crippen molar-refractivity contribution < 1.29 is 18.3 Å². The van der Waals surface area contributed by atoms with Crippen LogP contribution in [0, 0.1) is 12.8 Å². The normalized spacial score (nSPS) is 13.5. The van der Waals surface area contributed by atoms with E-state index in [9.17, 15) is 8.42 Å². The molecule has 0 saturated heterocycles. The Bertz CT molecular complexity index is 513. The van der Waals surface area contributed by atoms with E-state index in [0.717, 1.165) is 0 Å². The van der Waals surface area contributed by atoms with Gasteiger partial charge in [0.2, 0.25) is 10.0 Å². The molecular weight excluding hydrogens is 266 g/mol. The summed E-state index contributed by atoms with van der Waals surface area (Å²) >= 11 is 0. The van der Waals surface area contributed by atoms with Crippen molar-refractivity contribution in [1.29, 1.82) is 0 Å².